The normalized spacial score (nSPS) is 38.9. The summed E-state index contributed by atoms with van der Waals surface area (Å²) in [6.07, 6.45) is -5.02. The number of carbonyl (C=O) groups excluding carboxylic acids is 1. The van der Waals surface area contributed by atoms with E-state index in [4.69, 9.17) is 18.9 Å². The van der Waals surface area contributed by atoms with Gasteiger partial charge in [0, 0.05) is 38.4 Å². The van der Waals surface area contributed by atoms with Gasteiger partial charge in [-0.1, -0.05) is 20.8 Å². The Balaban J connectivity index is 1.78. The molecular weight excluding hydrogens is 739 g/mol. The number of esters is 1. The van der Waals surface area contributed by atoms with Gasteiger partial charge in [-0.3, -0.25) is 4.79 Å². The number of nitrogens with zero attached hydrogens (tertiary/aromatic N) is 3. The molecule has 2 aliphatic heterocycles. The fourth-order valence-electron chi connectivity index (χ4n) is 7.90. The number of cyclic esters (lactones) is 1. The fraction of sp³-hybridized carbons (Fsp3) is 0.737. The summed E-state index contributed by atoms with van der Waals surface area (Å²) < 4.78 is 69.7. The van der Waals surface area contributed by atoms with Gasteiger partial charge in [-0.05, 0) is 90.6 Å². The Labute approximate surface area is 324 Å². The summed E-state index contributed by atoms with van der Waals surface area (Å²) in [4.78, 5) is 17.6. The van der Waals surface area contributed by atoms with E-state index >= 15 is 0 Å². The lowest BCUT2D eigenvalue weighted by Crippen LogP contribution is -2.61. The highest BCUT2D eigenvalue weighted by Crippen LogP contribution is 2.38. The zero-order valence-corrected chi connectivity index (χ0v) is 34.3. The smallest absolute Gasteiger partial charge is 0.311 e. The van der Waals surface area contributed by atoms with Crippen molar-refractivity contribution in [3.63, 3.8) is 0 Å². The number of nitrogens with one attached hydrogen (secondary N) is 1. The van der Waals surface area contributed by atoms with Crippen molar-refractivity contribution in [2.75, 3.05) is 13.6 Å². The molecule has 55 heavy (non-hydrogen) atoms. The molecule has 2 saturated heterocycles. The van der Waals surface area contributed by atoms with Crippen LogP contribution in [0.2, 0.25) is 0 Å². The molecule has 0 aliphatic carbocycles. The number of aliphatic hydroxyl groups is 4. The number of hydrogen-bond acceptors (Lipinski definition) is 13. The molecule has 2 aromatic rings. The van der Waals surface area contributed by atoms with E-state index in [1.807, 2.05) is 6.92 Å². The van der Waals surface area contributed by atoms with Crippen LogP contribution in [0.4, 0.5) is 4.39 Å². The number of likely N-dealkylation sites (N-methyl/N-ethyl adjacent to an activating group) is 1. The van der Waals surface area contributed by atoms with Gasteiger partial charge in [0.25, 0.3) is 10.0 Å². The number of sulfonamides is 1. The monoisotopic (exact) mass is 800 g/mol. The minimum atomic E-state index is -4.21. The molecule has 2 aliphatic rings. The first kappa shape index (κ1) is 45.0. The first-order valence-electron chi connectivity index (χ1n) is 19.0. The lowest BCUT2D eigenvalue weighted by molar-refractivity contribution is -0.293. The second-order valence-corrected chi connectivity index (χ2v) is 18.0. The highest BCUT2D eigenvalue weighted by molar-refractivity contribution is 7.89. The van der Waals surface area contributed by atoms with Crippen molar-refractivity contribution < 1.29 is 57.0 Å². The summed E-state index contributed by atoms with van der Waals surface area (Å²) in [5.74, 6) is -3.57. The molecule has 0 amide bonds. The van der Waals surface area contributed by atoms with Gasteiger partial charge in [0.05, 0.1) is 35.9 Å². The minimum absolute atomic E-state index is 0.0972. The third-order valence-electron chi connectivity index (χ3n) is 11.2. The lowest BCUT2D eigenvalue weighted by Gasteiger charge is -2.47. The quantitative estimate of drug-likeness (QED) is 0.244. The molecule has 0 unspecified atom stereocenters. The second-order valence-electron chi connectivity index (χ2n) is 16.1. The van der Waals surface area contributed by atoms with E-state index in [9.17, 15) is 38.0 Å². The maximum absolute atomic E-state index is 14.0. The third kappa shape index (κ3) is 10.0. The van der Waals surface area contributed by atoms with E-state index in [2.05, 4.69) is 10.3 Å². The van der Waals surface area contributed by atoms with Crippen molar-refractivity contribution in [1.82, 2.24) is 19.2 Å². The summed E-state index contributed by atoms with van der Waals surface area (Å²) in [5, 5.41) is 49.7. The van der Waals surface area contributed by atoms with Gasteiger partial charge in [-0.15, -0.1) is 0 Å². The Morgan fingerprint density at radius 3 is 2.33 bits per heavy atom. The largest absolute Gasteiger partial charge is 0.483 e. The third-order valence-corrected chi connectivity index (χ3v) is 13.1. The number of ether oxygens (including phenoxy) is 4. The summed E-state index contributed by atoms with van der Waals surface area (Å²) in [5.41, 5.74) is -3.55. The number of benzene rings is 1. The van der Waals surface area contributed by atoms with Gasteiger partial charge in [-0.25, -0.2) is 17.8 Å². The predicted molar refractivity (Wildman–Crippen MR) is 200 cm³/mol. The number of carbonyl (C=O) groups is 1. The van der Waals surface area contributed by atoms with Crippen molar-refractivity contribution in [2.45, 2.75) is 146 Å². The Kier molecular flexibility index (Phi) is 14.6. The number of halogens is 1. The van der Waals surface area contributed by atoms with Crippen LogP contribution in [-0.2, 0) is 36.1 Å². The highest BCUT2D eigenvalue weighted by Gasteiger charge is 2.51. The molecule has 2 fully saturated rings. The maximum atomic E-state index is 14.0. The molecule has 0 saturated carbocycles. The predicted octanol–water partition coefficient (Wildman–Crippen LogP) is 2.35. The van der Waals surface area contributed by atoms with Crippen LogP contribution in [0.25, 0.3) is 0 Å². The lowest BCUT2D eigenvalue weighted by atomic mass is 9.78. The zero-order valence-electron chi connectivity index (χ0n) is 33.5. The van der Waals surface area contributed by atoms with Crippen molar-refractivity contribution in [2.24, 2.45) is 24.8 Å². The van der Waals surface area contributed by atoms with E-state index in [0.717, 1.165) is 4.31 Å². The summed E-state index contributed by atoms with van der Waals surface area (Å²) in [6.45, 7) is 13.4. The number of aromatic nitrogens is 2. The van der Waals surface area contributed by atoms with Gasteiger partial charge in [0.1, 0.15) is 29.4 Å². The average Bonchev–Trinajstić information content (AvgIpc) is 3.57. The Morgan fingerprint density at radius 2 is 1.75 bits per heavy atom. The molecule has 0 radical (unpaired) electrons. The molecule has 1 aromatic heterocycles. The van der Waals surface area contributed by atoms with E-state index < -0.39 is 99.8 Å². The SMILES string of the molecule is CC[C@H]1OC(=O)[C@H](C)[C@@H](O)[C@H](C)[C@@H](O[C@@H]2O[C@H](C)C[C@H](N(C)S(=O)(=O)c3nccn3C)[C@H]2Oc2ccc(F)cc2)[C@](C)(O)C[C@@H](C)CN[C@H](C)[C@@H](O)[C@]1(C)O. The Bertz CT molecular complexity index is 1680. The van der Waals surface area contributed by atoms with Gasteiger partial charge < -0.3 is 49.3 Å². The minimum Gasteiger partial charge on any atom is -0.483 e. The molecule has 0 spiro atoms. The van der Waals surface area contributed by atoms with Crippen LogP contribution < -0.4 is 10.1 Å². The zero-order chi connectivity index (χ0) is 41.2. The second kappa shape index (κ2) is 17.8. The Hall–Kier alpha value is -2.74. The van der Waals surface area contributed by atoms with Crippen LogP contribution in [0.5, 0.6) is 5.75 Å². The van der Waals surface area contributed by atoms with Crippen LogP contribution in [-0.4, -0.2) is 128 Å². The van der Waals surface area contributed by atoms with Crippen molar-refractivity contribution in [3.8, 4) is 5.75 Å². The Morgan fingerprint density at radius 1 is 1.11 bits per heavy atom. The van der Waals surface area contributed by atoms with Crippen molar-refractivity contribution in [3.05, 3.63) is 42.5 Å². The van der Waals surface area contributed by atoms with E-state index in [-0.39, 0.29) is 36.1 Å². The van der Waals surface area contributed by atoms with Crippen LogP contribution in [0.3, 0.4) is 0 Å². The molecule has 3 heterocycles. The van der Waals surface area contributed by atoms with Crippen LogP contribution in [0.1, 0.15) is 74.7 Å². The number of rotatable bonds is 8. The average molecular weight is 801 g/mol. The van der Waals surface area contributed by atoms with Crippen molar-refractivity contribution >= 4 is 16.0 Å². The topological polar surface area (TPSA) is 202 Å². The molecule has 312 valence electrons. The molecule has 0 bridgehead atoms. The molecule has 1 aromatic carbocycles. The maximum Gasteiger partial charge on any atom is 0.311 e. The van der Waals surface area contributed by atoms with E-state index in [1.54, 1.807) is 41.7 Å². The molecule has 4 rings (SSSR count). The molecule has 14 atom stereocenters. The molecule has 17 heteroatoms. The molecular formula is C38H61FN4O11S. The standard InChI is InChI=1S/C38H61FN4O11S/c1-11-29-38(8,48)32(45)25(6)41-20-21(2)19-37(7,47)33(23(4)30(44)24(5)34(46)53-29)54-35-31(52-27-14-12-26(39)13-15-27)28(18-22(3)51-35)43(10)55(49,50)36-40-16-17-42(36)9/h12-17,21-25,28-33,35,41,44-45,47-48H,11,18-20H2,1-10H3/t21-,22-,23+,24-,25-,28+,29-,30+,31-,32-,33-,35+,37-,38-/m1/s1. The number of imidazole rings is 1. The van der Waals surface area contributed by atoms with Gasteiger partial charge in [0.2, 0.25) is 5.16 Å². The van der Waals surface area contributed by atoms with Crippen molar-refractivity contribution in [1.29, 1.82) is 0 Å². The first-order valence-corrected chi connectivity index (χ1v) is 20.4. The fourth-order valence-corrected chi connectivity index (χ4v) is 9.34. The van der Waals surface area contributed by atoms with E-state index in [1.165, 1.54) is 62.1 Å². The van der Waals surface area contributed by atoms with Gasteiger partial charge in [0.15, 0.2) is 12.4 Å². The highest BCUT2D eigenvalue weighted by atomic mass is 32.2. The molecule has 15 nitrogen and oxygen atoms in total. The summed E-state index contributed by atoms with van der Waals surface area (Å²) in [7, 11) is -1.25. The van der Waals surface area contributed by atoms with Gasteiger partial charge in [-0.2, -0.15) is 4.31 Å². The number of aliphatic hydroxyl groups excluding tert-OH is 2. The van der Waals surface area contributed by atoms with Gasteiger partial charge >= 0.3 is 5.97 Å². The van der Waals surface area contributed by atoms with Crippen LogP contribution in [0, 0.1) is 23.6 Å². The number of aryl methyl sites for hydroxylation is 1. The van der Waals surface area contributed by atoms with E-state index in [0.29, 0.717) is 6.54 Å². The summed E-state index contributed by atoms with van der Waals surface area (Å²) >= 11 is 0. The molecule has 5 N–H and O–H groups in total. The first-order chi connectivity index (χ1) is 25.5. The van der Waals surface area contributed by atoms with Crippen LogP contribution >= 0.6 is 0 Å². The summed E-state index contributed by atoms with van der Waals surface area (Å²) in [6, 6.07) is 3.60. The van der Waals surface area contributed by atoms with Crippen LogP contribution in [0.15, 0.2) is 41.8 Å². The number of hydrogen-bond donors (Lipinski definition) is 5.